The second-order valence-electron chi connectivity index (χ2n) is 6.02. The highest BCUT2D eigenvalue weighted by Gasteiger charge is 2.22. The van der Waals surface area contributed by atoms with Gasteiger partial charge in [0.15, 0.2) is 0 Å². The summed E-state index contributed by atoms with van der Waals surface area (Å²) in [6.45, 7) is 7.23. The van der Waals surface area contributed by atoms with E-state index in [-0.39, 0.29) is 6.10 Å². The molecule has 1 fully saturated rings. The molecule has 1 heterocycles. The van der Waals surface area contributed by atoms with Crippen LogP contribution in [0.1, 0.15) is 32.3 Å². The van der Waals surface area contributed by atoms with Crippen LogP contribution in [-0.4, -0.2) is 25.3 Å². The van der Waals surface area contributed by atoms with Crippen molar-refractivity contribution in [1.29, 1.82) is 0 Å². The van der Waals surface area contributed by atoms with Gasteiger partial charge in [-0.1, -0.05) is 62.6 Å². The Labute approximate surface area is 171 Å². The zero-order chi connectivity index (χ0) is 20.6. The number of cyclic esters (lactones) is 1. The van der Waals surface area contributed by atoms with Crippen molar-refractivity contribution in [2.24, 2.45) is 5.18 Å². The van der Waals surface area contributed by atoms with Crippen LogP contribution in [0.4, 0.5) is 10.5 Å². The number of benzene rings is 2. The lowest BCUT2D eigenvalue weighted by molar-refractivity contribution is 0.112. The average molecular weight is 405 g/mol. The molecule has 1 N–H and O–H groups in total. The first-order valence-electron chi connectivity index (χ1n) is 9.28. The fraction of sp³-hybridized carbons (Fsp3) is 0.381. The summed E-state index contributed by atoms with van der Waals surface area (Å²) in [5.74, 6) is 0. The van der Waals surface area contributed by atoms with Gasteiger partial charge in [0, 0.05) is 16.9 Å². The number of hydrogen-bond acceptors (Lipinski definition) is 6. The first-order chi connectivity index (χ1) is 13.6. The Hall–Kier alpha value is -2.38. The summed E-state index contributed by atoms with van der Waals surface area (Å²) in [6, 6.07) is 16.9. The predicted octanol–water partition coefficient (Wildman–Crippen LogP) is 6.02. The molecule has 0 spiro atoms. The molecule has 1 saturated heterocycles. The van der Waals surface area contributed by atoms with Crippen molar-refractivity contribution in [2.45, 2.75) is 44.6 Å². The average Bonchev–Trinajstić information content (AvgIpc) is 3.15. The van der Waals surface area contributed by atoms with E-state index in [0.29, 0.717) is 18.8 Å². The van der Waals surface area contributed by atoms with E-state index in [4.69, 9.17) is 8.92 Å². The fourth-order valence-electron chi connectivity index (χ4n) is 1.80. The summed E-state index contributed by atoms with van der Waals surface area (Å²) < 4.78 is 10.2. The van der Waals surface area contributed by atoms with Gasteiger partial charge in [-0.3, -0.25) is 0 Å². The first kappa shape index (κ1) is 23.7. The van der Waals surface area contributed by atoms with Gasteiger partial charge in [-0.15, -0.1) is 4.91 Å². The molecule has 1 aliphatic heterocycles. The number of ether oxygens (including phenoxy) is 1. The Morgan fingerprint density at radius 2 is 1.75 bits per heavy atom. The van der Waals surface area contributed by atoms with E-state index in [1.165, 1.54) is 18.4 Å². The summed E-state index contributed by atoms with van der Waals surface area (Å²) in [6.07, 6.45) is 1.98. The number of nitrogens with one attached hydrogen (secondary N) is 1. The van der Waals surface area contributed by atoms with Crippen molar-refractivity contribution in [3.8, 4) is 0 Å². The van der Waals surface area contributed by atoms with Crippen molar-refractivity contribution in [3.63, 3.8) is 0 Å². The Bertz CT molecular complexity index is 679. The van der Waals surface area contributed by atoms with Crippen molar-refractivity contribution in [2.75, 3.05) is 13.2 Å². The van der Waals surface area contributed by atoms with Crippen LogP contribution in [0, 0.1) is 11.8 Å². The molecule has 0 aliphatic carbocycles. The zero-order valence-corrected chi connectivity index (χ0v) is 17.4. The number of hydrogen-bond donors (Lipinski definition) is 1. The van der Waals surface area contributed by atoms with E-state index >= 15 is 0 Å². The van der Waals surface area contributed by atoms with Crippen LogP contribution in [-0.2, 0) is 8.92 Å². The third kappa shape index (κ3) is 10.7. The summed E-state index contributed by atoms with van der Waals surface area (Å²) in [4.78, 5) is 21.8. The van der Waals surface area contributed by atoms with Crippen LogP contribution in [0.15, 0.2) is 64.7 Å². The first-order valence-corrected chi connectivity index (χ1v) is 10.0. The molecule has 0 bridgehead atoms. The standard InChI is InChI=1S/C10H10N2O4S.C7H8.C4H10/c13-10-11-5-8(16-10)6-15-17-9-3-1-7(12-14)2-4-9;1-7-5-3-2-4-6-7;1-3-4-2/h1-4,8H,5-6H2,(H,11,13);2-6H,1H3;3-4H2,1-2H3. The number of rotatable bonds is 6. The molecule has 2 aromatic carbocycles. The normalized spacial score (nSPS) is 14.5. The highest BCUT2D eigenvalue weighted by Crippen LogP contribution is 2.22. The minimum atomic E-state index is -0.412. The lowest BCUT2D eigenvalue weighted by atomic mass is 10.2. The van der Waals surface area contributed by atoms with Gasteiger partial charge in [-0.25, -0.2) is 4.79 Å². The molecular formula is C21H28N2O4S. The highest BCUT2D eigenvalue weighted by atomic mass is 32.2. The smallest absolute Gasteiger partial charge is 0.407 e. The molecule has 1 amide bonds. The van der Waals surface area contributed by atoms with Crippen LogP contribution in [0.2, 0.25) is 0 Å². The number of unbranched alkanes of at least 4 members (excludes halogenated alkanes) is 1. The minimum absolute atomic E-state index is 0.245. The number of aryl methyl sites for hydroxylation is 1. The van der Waals surface area contributed by atoms with Crippen LogP contribution in [0.25, 0.3) is 0 Å². The third-order valence-electron chi connectivity index (χ3n) is 3.54. The second kappa shape index (κ2) is 14.6. The van der Waals surface area contributed by atoms with Gasteiger partial charge in [-0.05, 0) is 36.4 Å². The molecule has 1 unspecified atom stereocenters. The van der Waals surface area contributed by atoms with Crippen LogP contribution in [0.3, 0.4) is 0 Å². The number of carbonyl (C=O) groups excluding carboxylic acids is 1. The van der Waals surface area contributed by atoms with Crippen LogP contribution >= 0.6 is 12.0 Å². The van der Waals surface area contributed by atoms with E-state index in [0.717, 1.165) is 16.9 Å². The lowest BCUT2D eigenvalue weighted by Gasteiger charge is -2.07. The van der Waals surface area contributed by atoms with Gasteiger partial charge in [-0.2, -0.15) is 0 Å². The molecule has 3 rings (SSSR count). The predicted molar refractivity (Wildman–Crippen MR) is 114 cm³/mol. The minimum Gasteiger partial charge on any atom is -0.442 e. The van der Waals surface area contributed by atoms with Crippen molar-refractivity contribution >= 4 is 23.8 Å². The molecular weight excluding hydrogens is 376 g/mol. The maximum Gasteiger partial charge on any atom is 0.407 e. The number of amides is 1. The number of alkyl carbamates (subject to hydrolysis) is 1. The monoisotopic (exact) mass is 404 g/mol. The number of carbonyl (C=O) groups is 1. The summed E-state index contributed by atoms with van der Waals surface area (Å²) >= 11 is 1.16. The summed E-state index contributed by atoms with van der Waals surface area (Å²) in [5.41, 5.74) is 1.70. The van der Waals surface area contributed by atoms with Gasteiger partial charge in [0.25, 0.3) is 0 Å². The topological polar surface area (TPSA) is 77.0 Å². The fourth-order valence-corrected chi connectivity index (χ4v) is 2.40. The van der Waals surface area contributed by atoms with Gasteiger partial charge in [0.05, 0.1) is 6.54 Å². The molecule has 0 saturated carbocycles. The molecule has 6 nitrogen and oxygen atoms in total. The maximum atomic E-state index is 10.7. The van der Waals surface area contributed by atoms with Gasteiger partial charge < -0.3 is 14.2 Å². The van der Waals surface area contributed by atoms with Crippen LogP contribution in [0.5, 0.6) is 0 Å². The largest absolute Gasteiger partial charge is 0.442 e. The summed E-state index contributed by atoms with van der Waals surface area (Å²) in [5, 5.41) is 5.33. The van der Waals surface area contributed by atoms with Gasteiger partial charge in [0.1, 0.15) is 18.4 Å². The van der Waals surface area contributed by atoms with Gasteiger partial charge >= 0.3 is 6.09 Å². The highest BCUT2D eigenvalue weighted by molar-refractivity contribution is 7.94. The molecule has 0 radical (unpaired) electrons. The van der Waals surface area contributed by atoms with Crippen molar-refractivity contribution in [1.82, 2.24) is 5.32 Å². The molecule has 1 atom stereocenters. The lowest BCUT2D eigenvalue weighted by Crippen LogP contribution is -2.18. The van der Waals surface area contributed by atoms with Crippen molar-refractivity contribution < 1.29 is 13.7 Å². The van der Waals surface area contributed by atoms with E-state index < -0.39 is 6.09 Å². The molecule has 1 aliphatic rings. The van der Waals surface area contributed by atoms with E-state index in [1.54, 1.807) is 24.3 Å². The van der Waals surface area contributed by atoms with Crippen LogP contribution < -0.4 is 5.32 Å². The van der Waals surface area contributed by atoms with E-state index in [2.05, 4.69) is 43.4 Å². The maximum absolute atomic E-state index is 10.7. The Balaban J connectivity index is 0.000000293. The third-order valence-corrected chi connectivity index (χ3v) is 4.26. The van der Waals surface area contributed by atoms with Gasteiger partial charge in [0.2, 0.25) is 0 Å². The van der Waals surface area contributed by atoms with Crippen molar-refractivity contribution in [3.05, 3.63) is 65.1 Å². The second-order valence-corrected chi connectivity index (χ2v) is 6.89. The Kier molecular flexibility index (Phi) is 12.4. The molecule has 28 heavy (non-hydrogen) atoms. The molecule has 7 heteroatoms. The number of nitroso groups, excluding NO2 is 1. The van der Waals surface area contributed by atoms with E-state index in [1.807, 2.05) is 18.2 Å². The Morgan fingerprint density at radius 1 is 1.11 bits per heavy atom. The molecule has 2 aromatic rings. The van der Waals surface area contributed by atoms with E-state index in [9.17, 15) is 9.70 Å². The Morgan fingerprint density at radius 3 is 2.18 bits per heavy atom. The summed E-state index contributed by atoms with van der Waals surface area (Å²) in [7, 11) is 0. The quantitative estimate of drug-likeness (QED) is 0.471. The number of nitrogens with zero attached hydrogens (tertiary/aromatic N) is 1. The molecule has 0 aromatic heterocycles. The zero-order valence-electron chi connectivity index (χ0n) is 16.6. The molecule has 152 valence electrons. The SMILES string of the molecule is CCCC.Cc1ccccc1.O=Nc1ccc(SOCC2CNC(=O)O2)cc1.